The number of carbonyl (C=O) groups is 2. The van der Waals surface area contributed by atoms with Crippen molar-refractivity contribution >= 4 is 44.8 Å². The van der Waals surface area contributed by atoms with Crippen LogP contribution < -0.4 is 0 Å². The minimum Gasteiger partial charge on any atom is -0.453 e. The topological polar surface area (TPSA) is 57.5 Å². The van der Waals surface area contributed by atoms with Gasteiger partial charge in [0.05, 0.1) is 5.02 Å². The van der Waals surface area contributed by atoms with E-state index in [0.29, 0.717) is 22.3 Å². The molecule has 0 atom stereocenters. The molecule has 0 saturated heterocycles. The van der Waals surface area contributed by atoms with Gasteiger partial charge < -0.3 is 14.0 Å². The summed E-state index contributed by atoms with van der Waals surface area (Å²) >= 11 is 7.28. The summed E-state index contributed by atoms with van der Waals surface area (Å²) in [6.07, 6.45) is 0.834. The molecule has 0 amide bonds. The molecule has 2 aromatic heterocycles. The smallest absolute Gasteiger partial charge is 0.350 e. The number of esters is 1. The molecular formula is C21H21ClFNO4S. The highest BCUT2D eigenvalue weighted by molar-refractivity contribution is 7.21. The molecule has 0 aliphatic rings. The number of rotatable bonds is 8. The van der Waals surface area contributed by atoms with Crippen molar-refractivity contribution in [2.24, 2.45) is 0 Å². The van der Waals surface area contributed by atoms with E-state index in [9.17, 15) is 14.0 Å². The highest BCUT2D eigenvalue weighted by atomic mass is 35.5. The highest BCUT2D eigenvalue weighted by Crippen LogP contribution is 2.36. The molecule has 0 aliphatic carbocycles. The lowest BCUT2D eigenvalue weighted by molar-refractivity contribution is 0.0479. The lowest BCUT2D eigenvalue weighted by Crippen LogP contribution is -2.15. The molecule has 0 fully saturated rings. The van der Waals surface area contributed by atoms with Gasteiger partial charge >= 0.3 is 5.97 Å². The molecule has 0 bridgehead atoms. The summed E-state index contributed by atoms with van der Waals surface area (Å²) < 4.78 is 26.3. The molecule has 3 aromatic rings. The molecule has 5 nitrogen and oxygen atoms in total. The number of aryl methyl sites for hydroxylation is 1. The Morgan fingerprint density at radius 3 is 2.72 bits per heavy atom. The van der Waals surface area contributed by atoms with E-state index in [1.807, 2.05) is 18.4 Å². The van der Waals surface area contributed by atoms with Gasteiger partial charge in [-0.25, -0.2) is 9.18 Å². The van der Waals surface area contributed by atoms with Crippen molar-refractivity contribution in [2.75, 3.05) is 20.3 Å². The molecular weight excluding hydrogens is 417 g/mol. The van der Waals surface area contributed by atoms with Gasteiger partial charge in [-0.15, -0.1) is 11.3 Å². The van der Waals surface area contributed by atoms with Crippen molar-refractivity contribution in [1.29, 1.82) is 0 Å². The lowest BCUT2D eigenvalue weighted by Gasteiger charge is -2.09. The van der Waals surface area contributed by atoms with Crippen LogP contribution in [0, 0.1) is 19.7 Å². The molecule has 0 aliphatic heterocycles. The maximum Gasteiger partial charge on any atom is 0.350 e. The zero-order chi connectivity index (χ0) is 21.1. The molecule has 1 aromatic carbocycles. The Balaban J connectivity index is 1.70. The second-order valence-corrected chi connectivity index (χ2v) is 8.10. The summed E-state index contributed by atoms with van der Waals surface area (Å²) in [5, 5.41) is 0.787. The van der Waals surface area contributed by atoms with Crippen LogP contribution in [0.2, 0.25) is 5.02 Å². The number of aromatic nitrogens is 1. The standard InChI is InChI=1S/C21H21ClFNO4S/c1-12-9-16(13(2)24(12)7-4-8-27-3)17(25)11-28-21(26)20-19(22)15-6-5-14(23)10-18(15)29-20/h5-6,9-10H,4,7-8,11H2,1-3H3. The zero-order valence-corrected chi connectivity index (χ0v) is 18.0. The first-order valence-electron chi connectivity index (χ1n) is 9.07. The molecule has 154 valence electrons. The number of benzene rings is 1. The van der Waals surface area contributed by atoms with Crippen molar-refractivity contribution in [3.63, 3.8) is 0 Å². The number of methoxy groups -OCH3 is 1. The van der Waals surface area contributed by atoms with Crippen molar-refractivity contribution in [3.8, 4) is 0 Å². The van der Waals surface area contributed by atoms with E-state index in [1.54, 1.807) is 13.2 Å². The Hall–Kier alpha value is -2.22. The molecule has 3 rings (SSSR count). The second-order valence-electron chi connectivity index (χ2n) is 6.67. The number of halogens is 2. The predicted molar refractivity (Wildman–Crippen MR) is 112 cm³/mol. The van der Waals surface area contributed by atoms with Crippen LogP contribution in [0.5, 0.6) is 0 Å². The van der Waals surface area contributed by atoms with Gasteiger partial charge in [0, 0.05) is 47.3 Å². The third-order valence-electron chi connectivity index (χ3n) is 4.72. The van der Waals surface area contributed by atoms with E-state index in [-0.39, 0.29) is 22.3 Å². The Kier molecular flexibility index (Phi) is 6.72. The van der Waals surface area contributed by atoms with Crippen LogP contribution in [0.3, 0.4) is 0 Å². The Labute approximate surface area is 177 Å². The van der Waals surface area contributed by atoms with Crippen LogP contribution in [0.25, 0.3) is 10.1 Å². The van der Waals surface area contributed by atoms with Crippen molar-refractivity contribution in [1.82, 2.24) is 4.57 Å². The maximum atomic E-state index is 13.4. The Bertz CT molecular complexity index is 1070. The van der Waals surface area contributed by atoms with Crippen molar-refractivity contribution < 1.29 is 23.5 Å². The SMILES string of the molecule is COCCCn1c(C)cc(C(=O)COC(=O)c2sc3cc(F)ccc3c2Cl)c1C. The molecule has 0 saturated carbocycles. The summed E-state index contributed by atoms with van der Waals surface area (Å²) in [5.74, 6) is -1.39. The molecule has 8 heteroatoms. The third kappa shape index (κ3) is 4.52. The van der Waals surface area contributed by atoms with E-state index in [1.165, 1.54) is 18.2 Å². The number of hydrogen-bond acceptors (Lipinski definition) is 5. The summed E-state index contributed by atoms with van der Waals surface area (Å²) in [6.45, 7) is 4.79. The first-order chi connectivity index (χ1) is 13.8. The van der Waals surface area contributed by atoms with Gasteiger partial charge in [0.15, 0.2) is 6.61 Å². The van der Waals surface area contributed by atoms with E-state index in [0.717, 1.165) is 35.7 Å². The number of nitrogens with zero attached hydrogens (tertiary/aromatic N) is 1. The Morgan fingerprint density at radius 2 is 2.00 bits per heavy atom. The largest absolute Gasteiger partial charge is 0.453 e. The second kappa shape index (κ2) is 9.07. The van der Waals surface area contributed by atoms with Crippen LogP contribution in [0.4, 0.5) is 4.39 Å². The summed E-state index contributed by atoms with van der Waals surface area (Å²) in [4.78, 5) is 25.2. The first-order valence-corrected chi connectivity index (χ1v) is 10.3. The van der Waals surface area contributed by atoms with E-state index in [4.69, 9.17) is 21.1 Å². The number of Topliss-reactive ketones (excluding diaryl/α,β-unsaturated/α-hetero) is 1. The molecule has 0 radical (unpaired) electrons. The van der Waals surface area contributed by atoms with Gasteiger partial charge in [-0.3, -0.25) is 4.79 Å². The molecule has 0 spiro atoms. The fraction of sp³-hybridized carbons (Fsp3) is 0.333. The monoisotopic (exact) mass is 437 g/mol. The number of thiophene rings is 1. The van der Waals surface area contributed by atoms with E-state index >= 15 is 0 Å². The van der Waals surface area contributed by atoms with Gasteiger partial charge in [-0.2, -0.15) is 0 Å². The third-order valence-corrected chi connectivity index (χ3v) is 6.35. The number of fused-ring (bicyclic) bond motifs is 1. The minimum absolute atomic E-state index is 0.158. The summed E-state index contributed by atoms with van der Waals surface area (Å²) in [5.41, 5.74) is 2.31. The first kappa shape index (κ1) is 21.5. The van der Waals surface area contributed by atoms with E-state index < -0.39 is 11.8 Å². The zero-order valence-electron chi connectivity index (χ0n) is 16.4. The average molecular weight is 438 g/mol. The molecule has 0 unspecified atom stereocenters. The Morgan fingerprint density at radius 1 is 1.24 bits per heavy atom. The van der Waals surface area contributed by atoms with Gasteiger partial charge in [-0.1, -0.05) is 11.6 Å². The van der Waals surface area contributed by atoms with Crippen LogP contribution in [0.1, 0.15) is 37.8 Å². The van der Waals surface area contributed by atoms with Crippen LogP contribution in [0.15, 0.2) is 24.3 Å². The molecule has 0 N–H and O–H groups in total. The van der Waals surface area contributed by atoms with Gasteiger partial charge in [-0.05, 0) is 44.5 Å². The minimum atomic E-state index is -0.695. The summed E-state index contributed by atoms with van der Waals surface area (Å²) in [6, 6.07) is 5.91. The quantitative estimate of drug-likeness (QED) is 0.276. The molecule has 29 heavy (non-hydrogen) atoms. The van der Waals surface area contributed by atoms with Crippen molar-refractivity contribution in [2.45, 2.75) is 26.8 Å². The lowest BCUT2D eigenvalue weighted by atomic mass is 10.1. The van der Waals surface area contributed by atoms with Crippen LogP contribution in [-0.2, 0) is 16.0 Å². The molecule has 2 heterocycles. The number of ketones is 1. The number of ether oxygens (including phenoxy) is 2. The predicted octanol–water partition coefficient (Wildman–Crippen LogP) is 5.19. The fourth-order valence-electron chi connectivity index (χ4n) is 3.24. The summed E-state index contributed by atoms with van der Waals surface area (Å²) in [7, 11) is 1.65. The van der Waals surface area contributed by atoms with E-state index in [2.05, 4.69) is 0 Å². The number of hydrogen-bond donors (Lipinski definition) is 0. The van der Waals surface area contributed by atoms with Gasteiger partial charge in [0.1, 0.15) is 10.7 Å². The van der Waals surface area contributed by atoms with Gasteiger partial charge in [0.2, 0.25) is 5.78 Å². The van der Waals surface area contributed by atoms with Crippen LogP contribution >= 0.6 is 22.9 Å². The van der Waals surface area contributed by atoms with Crippen molar-refractivity contribution in [3.05, 3.63) is 56.9 Å². The average Bonchev–Trinajstić information content (AvgIpc) is 3.16. The van der Waals surface area contributed by atoms with Gasteiger partial charge in [0.25, 0.3) is 0 Å². The number of carbonyl (C=O) groups excluding carboxylic acids is 2. The highest BCUT2D eigenvalue weighted by Gasteiger charge is 2.22. The normalized spacial score (nSPS) is 11.2. The fourth-order valence-corrected chi connectivity index (χ4v) is 4.67. The van der Waals surface area contributed by atoms with Crippen LogP contribution in [-0.4, -0.2) is 36.6 Å². The maximum absolute atomic E-state index is 13.4.